The van der Waals surface area contributed by atoms with E-state index in [2.05, 4.69) is 27.6 Å². The SMILES string of the molecule is O=C(O)n1cnc2ccc(I)cc21. The summed E-state index contributed by atoms with van der Waals surface area (Å²) in [7, 11) is 0. The molecular weight excluding hydrogens is 283 g/mol. The highest BCUT2D eigenvalue weighted by Crippen LogP contribution is 2.15. The third kappa shape index (κ3) is 1.39. The molecule has 1 aromatic carbocycles. The molecule has 4 nitrogen and oxygen atoms in total. The highest BCUT2D eigenvalue weighted by atomic mass is 127. The van der Waals surface area contributed by atoms with Gasteiger partial charge in [0, 0.05) is 3.57 Å². The Labute approximate surface area is 87.3 Å². The number of hydrogen-bond donors (Lipinski definition) is 1. The van der Waals surface area contributed by atoms with Crippen LogP contribution >= 0.6 is 22.6 Å². The first-order chi connectivity index (χ1) is 6.18. The molecule has 13 heavy (non-hydrogen) atoms. The topological polar surface area (TPSA) is 55.1 Å². The molecule has 0 radical (unpaired) electrons. The second-order valence-corrected chi connectivity index (χ2v) is 3.78. The maximum Gasteiger partial charge on any atom is 0.417 e. The summed E-state index contributed by atoms with van der Waals surface area (Å²) in [4.78, 5) is 14.7. The number of imidazole rings is 1. The molecular formula is C8H5IN2O2. The van der Waals surface area contributed by atoms with Crippen LogP contribution in [0.2, 0.25) is 0 Å². The van der Waals surface area contributed by atoms with E-state index >= 15 is 0 Å². The summed E-state index contributed by atoms with van der Waals surface area (Å²) >= 11 is 2.13. The minimum atomic E-state index is -1.01. The van der Waals surface area contributed by atoms with Gasteiger partial charge in [-0.1, -0.05) is 0 Å². The number of hydrogen-bond acceptors (Lipinski definition) is 2. The Morgan fingerprint density at radius 1 is 1.54 bits per heavy atom. The van der Waals surface area contributed by atoms with Crippen molar-refractivity contribution in [3.05, 3.63) is 28.1 Å². The number of carboxylic acid groups (broad SMARTS) is 1. The third-order valence-electron chi connectivity index (χ3n) is 1.72. The lowest BCUT2D eigenvalue weighted by molar-refractivity contribution is 0.197. The molecule has 0 unspecified atom stereocenters. The van der Waals surface area contributed by atoms with Crippen molar-refractivity contribution in [1.82, 2.24) is 9.55 Å². The van der Waals surface area contributed by atoms with Gasteiger partial charge in [-0.3, -0.25) is 0 Å². The molecule has 0 amide bonds. The molecule has 0 spiro atoms. The summed E-state index contributed by atoms with van der Waals surface area (Å²) in [5.41, 5.74) is 1.32. The molecule has 66 valence electrons. The lowest BCUT2D eigenvalue weighted by Gasteiger charge is -1.95. The molecule has 0 saturated heterocycles. The molecule has 0 aliphatic carbocycles. The number of halogens is 1. The Kier molecular flexibility index (Phi) is 1.95. The lowest BCUT2D eigenvalue weighted by Crippen LogP contribution is -2.05. The van der Waals surface area contributed by atoms with Crippen molar-refractivity contribution in [2.24, 2.45) is 0 Å². The standard InChI is InChI=1S/C8H5IN2O2/c9-5-1-2-6-7(3-5)11(4-10-6)8(12)13/h1-4H,(H,12,13). The number of carbonyl (C=O) groups is 1. The van der Waals surface area contributed by atoms with E-state index in [0.717, 1.165) is 8.14 Å². The van der Waals surface area contributed by atoms with Crippen LogP contribution in [0.1, 0.15) is 0 Å². The summed E-state index contributed by atoms with van der Waals surface area (Å²) in [6.45, 7) is 0. The average Bonchev–Trinajstić information content (AvgIpc) is 2.46. The summed E-state index contributed by atoms with van der Waals surface area (Å²) < 4.78 is 2.10. The molecule has 0 atom stereocenters. The summed E-state index contributed by atoms with van der Waals surface area (Å²) in [5, 5.41) is 8.78. The Morgan fingerprint density at radius 3 is 3.00 bits per heavy atom. The van der Waals surface area contributed by atoms with Gasteiger partial charge in [0.15, 0.2) is 0 Å². The first-order valence-corrected chi connectivity index (χ1v) is 4.62. The van der Waals surface area contributed by atoms with Gasteiger partial charge in [0.1, 0.15) is 6.33 Å². The highest BCUT2D eigenvalue weighted by Gasteiger charge is 2.07. The molecule has 1 aromatic heterocycles. The Morgan fingerprint density at radius 2 is 2.31 bits per heavy atom. The second kappa shape index (κ2) is 2.99. The van der Waals surface area contributed by atoms with E-state index in [1.165, 1.54) is 6.33 Å². The normalized spacial score (nSPS) is 10.5. The molecule has 2 rings (SSSR count). The van der Waals surface area contributed by atoms with Gasteiger partial charge < -0.3 is 5.11 Å². The Hall–Kier alpha value is -1.11. The zero-order valence-corrected chi connectivity index (χ0v) is 8.59. The van der Waals surface area contributed by atoms with Crippen LogP contribution in [0.25, 0.3) is 11.0 Å². The third-order valence-corrected chi connectivity index (χ3v) is 2.39. The van der Waals surface area contributed by atoms with Gasteiger partial charge >= 0.3 is 6.09 Å². The van der Waals surface area contributed by atoms with Crippen molar-refractivity contribution in [2.45, 2.75) is 0 Å². The van der Waals surface area contributed by atoms with Crippen molar-refractivity contribution in [2.75, 3.05) is 0 Å². The molecule has 2 aromatic rings. The molecule has 0 saturated carbocycles. The molecule has 5 heteroatoms. The molecule has 0 aliphatic heterocycles. The predicted molar refractivity (Wildman–Crippen MR) is 55.9 cm³/mol. The van der Waals surface area contributed by atoms with Crippen LogP contribution in [0.4, 0.5) is 4.79 Å². The Bertz CT molecular complexity index is 478. The van der Waals surface area contributed by atoms with Gasteiger partial charge in [-0.05, 0) is 40.8 Å². The zero-order chi connectivity index (χ0) is 9.42. The van der Waals surface area contributed by atoms with E-state index in [0.29, 0.717) is 11.0 Å². The first-order valence-electron chi connectivity index (χ1n) is 3.54. The number of rotatable bonds is 0. The minimum Gasteiger partial charge on any atom is -0.464 e. The fraction of sp³-hybridized carbons (Fsp3) is 0. The van der Waals surface area contributed by atoms with Gasteiger partial charge in [-0.2, -0.15) is 0 Å². The van der Waals surface area contributed by atoms with Crippen molar-refractivity contribution in [3.8, 4) is 0 Å². The van der Waals surface area contributed by atoms with Crippen molar-refractivity contribution >= 4 is 39.7 Å². The van der Waals surface area contributed by atoms with Gasteiger partial charge in [-0.15, -0.1) is 0 Å². The van der Waals surface area contributed by atoms with Gasteiger partial charge in [-0.25, -0.2) is 14.3 Å². The second-order valence-electron chi connectivity index (χ2n) is 2.53. The van der Waals surface area contributed by atoms with E-state index in [-0.39, 0.29) is 0 Å². The van der Waals surface area contributed by atoms with E-state index in [9.17, 15) is 4.79 Å². The van der Waals surface area contributed by atoms with E-state index in [1.807, 2.05) is 6.07 Å². The van der Waals surface area contributed by atoms with Gasteiger partial charge in [0.25, 0.3) is 0 Å². The van der Waals surface area contributed by atoms with E-state index in [4.69, 9.17) is 5.11 Å². The van der Waals surface area contributed by atoms with Crippen LogP contribution in [0.5, 0.6) is 0 Å². The molecule has 1 N–H and O–H groups in total. The minimum absolute atomic E-state index is 0.624. The van der Waals surface area contributed by atoms with Crippen LogP contribution in [0, 0.1) is 3.57 Å². The lowest BCUT2D eigenvalue weighted by atomic mass is 10.3. The molecule has 0 bridgehead atoms. The summed E-state index contributed by atoms with van der Waals surface area (Å²) in [5.74, 6) is 0. The van der Waals surface area contributed by atoms with E-state index < -0.39 is 6.09 Å². The number of benzene rings is 1. The Balaban J connectivity index is 2.79. The van der Waals surface area contributed by atoms with Crippen molar-refractivity contribution in [1.29, 1.82) is 0 Å². The van der Waals surface area contributed by atoms with E-state index in [1.54, 1.807) is 12.1 Å². The van der Waals surface area contributed by atoms with Crippen LogP contribution in [0.15, 0.2) is 24.5 Å². The fourth-order valence-electron chi connectivity index (χ4n) is 1.13. The smallest absolute Gasteiger partial charge is 0.417 e. The average molecular weight is 288 g/mol. The number of fused-ring (bicyclic) bond motifs is 1. The predicted octanol–water partition coefficient (Wildman–Crippen LogP) is 2.17. The van der Waals surface area contributed by atoms with Crippen molar-refractivity contribution < 1.29 is 9.90 Å². The number of aromatic nitrogens is 2. The summed E-state index contributed by atoms with van der Waals surface area (Å²) in [6.07, 6.45) is 0.299. The van der Waals surface area contributed by atoms with Gasteiger partial charge in [0.05, 0.1) is 11.0 Å². The number of nitrogens with zero attached hydrogens (tertiary/aromatic N) is 2. The maximum absolute atomic E-state index is 10.7. The monoisotopic (exact) mass is 288 g/mol. The fourth-order valence-corrected chi connectivity index (χ4v) is 1.61. The summed E-state index contributed by atoms with van der Waals surface area (Å²) in [6, 6.07) is 5.48. The molecule has 0 fully saturated rings. The van der Waals surface area contributed by atoms with Gasteiger partial charge in [0.2, 0.25) is 0 Å². The largest absolute Gasteiger partial charge is 0.464 e. The first kappa shape index (κ1) is 8.49. The maximum atomic E-state index is 10.7. The molecule has 1 heterocycles. The zero-order valence-electron chi connectivity index (χ0n) is 6.44. The van der Waals surface area contributed by atoms with Crippen LogP contribution in [0.3, 0.4) is 0 Å². The highest BCUT2D eigenvalue weighted by molar-refractivity contribution is 14.1. The van der Waals surface area contributed by atoms with Crippen LogP contribution < -0.4 is 0 Å². The molecule has 0 aliphatic rings. The quantitative estimate of drug-likeness (QED) is 0.756. The van der Waals surface area contributed by atoms with Crippen molar-refractivity contribution in [3.63, 3.8) is 0 Å². The van der Waals surface area contributed by atoms with Crippen LogP contribution in [-0.4, -0.2) is 20.8 Å². The van der Waals surface area contributed by atoms with Crippen LogP contribution in [-0.2, 0) is 0 Å².